The number of hydrogen-bond acceptors (Lipinski definition) is 4. The molecule has 2 aromatic rings. The quantitative estimate of drug-likeness (QED) is 0.271. The van der Waals surface area contributed by atoms with E-state index in [-0.39, 0.29) is 5.70 Å². The van der Waals surface area contributed by atoms with E-state index in [1.165, 1.54) is 13.2 Å². The van der Waals surface area contributed by atoms with Crippen LogP contribution in [0.4, 0.5) is 0 Å². The molecule has 0 radical (unpaired) electrons. The summed E-state index contributed by atoms with van der Waals surface area (Å²) in [5, 5.41) is 3.33. The van der Waals surface area contributed by atoms with E-state index in [0.29, 0.717) is 17.1 Å². The molecule has 22 heavy (non-hydrogen) atoms. The van der Waals surface area contributed by atoms with Crippen molar-refractivity contribution in [3.8, 4) is 11.5 Å². The molecule has 0 saturated carbocycles. The number of azide groups is 1. The number of nitrogens with zero attached hydrogens (tertiary/aromatic N) is 3. The average molecular weight is 295 g/mol. The van der Waals surface area contributed by atoms with Crippen LogP contribution in [-0.4, -0.2) is 13.1 Å². The number of methoxy groups -OCH3 is 1. The van der Waals surface area contributed by atoms with Gasteiger partial charge in [-0.3, -0.25) is 0 Å². The van der Waals surface area contributed by atoms with Gasteiger partial charge in [0.1, 0.15) is 17.2 Å². The lowest BCUT2D eigenvalue weighted by atomic mass is 10.2. The van der Waals surface area contributed by atoms with Crippen LogP contribution in [0.3, 0.4) is 0 Å². The van der Waals surface area contributed by atoms with Crippen LogP contribution < -0.4 is 4.74 Å². The summed E-state index contributed by atoms with van der Waals surface area (Å²) < 4.78 is 10.3. The Morgan fingerprint density at radius 3 is 2.55 bits per heavy atom. The zero-order valence-electron chi connectivity index (χ0n) is 11.8. The monoisotopic (exact) mass is 295 g/mol. The molecule has 110 valence electrons. The minimum absolute atomic E-state index is 0.123. The molecule has 0 N–H and O–H groups in total. The molecule has 6 nitrogen and oxygen atoms in total. The molecule has 0 atom stereocenters. The molecule has 0 unspecified atom stereocenters. The van der Waals surface area contributed by atoms with Crippen molar-refractivity contribution in [2.75, 3.05) is 7.11 Å². The predicted molar refractivity (Wildman–Crippen MR) is 82.1 cm³/mol. The van der Waals surface area contributed by atoms with E-state index >= 15 is 0 Å². The SMILES string of the molecule is COC(=O)C(=Cc1cccc(Oc2ccccc2)c1)N=[N+]=[N-]. The highest BCUT2D eigenvalue weighted by Gasteiger charge is 2.07. The molecule has 0 amide bonds. The van der Waals surface area contributed by atoms with Crippen molar-refractivity contribution in [2.45, 2.75) is 0 Å². The summed E-state index contributed by atoms with van der Waals surface area (Å²) in [6, 6.07) is 16.4. The summed E-state index contributed by atoms with van der Waals surface area (Å²) in [5.41, 5.74) is 9.02. The number of hydrogen-bond donors (Lipinski definition) is 0. The minimum Gasteiger partial charge on any atom is -0.466 e. The molecule has 0 fully saturated rings. The molecule has 0 saturated heterocycles. The van der Waals surface area contributed by atoms with Gasteiger partial charge in [-0.15, -0.1) is 0 Å². The molecule has 6 heteroatoms. The normalized spacial score (nSPS) is 10.5. The third kappa shape index (κ3) is 4.13. The van der Waals surface area contributed by atoms with E-state index in [1.54, 1.807) is 24.3 Å². The van der Waals surface area contributed by atoms with Crippen molar-refractivity contribution >= 4 is 12.0 Å². The Hall–Kier alpha value is -3.24. The Kier molecular flexibility index (Phi) is 5.18. The lowest BCUT2D eigenvalue weighted by Gasteiger charge is -2.06. The number of para-hydroxylation sites is 1. The summed E-state index contributed by atoms with van der Waals surface area (Å²) in [7, 11) is 1.22. The van der Waals surface area contributed by atoms with Crippen LogP contribution in [0.2, 0.25) is 0 Å². The van der Waals surface area contributed by atoms with Gasteiger partial charge in [0.25, 0.3) is 0 Å². The highest BCUT2D eigenvalue weighted by Crippen LogP contribution is 2.23. The topological polar surface area (TPSA) is 84.3 Å². The molecule has 0 aliphatic carbocycles. The van der Waals surface area contributed by atoms with Crippen LogP contribution in [0.1, 0.15) is 5.56 Å². The Morgan fingerprint density at radius 1 is 1.14 bits per heavy atom. The standard InChI is InChI=1S/C16H13N3O3/c1-21-16(20)15(18-19-17)11-12-6-5-9-14(10-12)22-13-7-3-2-4-8-13/h2-11H,1H3. The number of esters is 1. The second-order valence-electron chi connectivity index (χ2n) is 4.20. The average Bonchev–Trinajstić information content (AvgIpc) is 2.55. The molecular weight excluding hydrogens is 282 g/mol. The van der Waals surface area contributed by atoms with E-state index in [4.69, 9.17) is 10.3 Å². The van der Waals surface area contributed by atoms with Crippen LogP contribution in [0.5, 0.6) is 11.5 Å². The second-order valence-corrected chi connectivity index (χ2v) is 4.20. The van der Waals surface area contributed by atoms with Crippen LogP contribution in [-0.2, 0) is 9.53 Å². The summed E-state index contributed by atoms with van der Waals surface area (Å²) >= 11 is 0. The maximum Gasteiger partial charge on any atom is 0.340 e. The Morgan fingerprint density at radius 2 is 1.86 bits per heavy atom. The zero-order chi connectivity index (χ0) is 15.8. The van der Waals surface area contributed by atoms with Gasteiger partial charge in [0, 0.05) is 4.91 Å². The first kappa shape index (κ1) is 15.2. The maximum atomic E-state index is 11.5. The van der Waals surface area contributed by atoms with Crippen molar-refractivity contribution in [1.29, 1.82) is 0 Å². The lowest BCUT2D eigenvalue weighted by Crippen LogP contribution is -2.01. The Balaban J connectivity index is 2.27. The van der Waals surface area contributed by atoms with Gasteiger partial charge in [-0.2, -0.15) is 0 Å². The third-order valence-corrected chi connectivity index (χ3v) is 2.69. The molecule has 2 aromatic carbocycles. The van der Waals surface area contributed by atoms with E-state index in [9.17, 15) is 4.79 Å². The predicted octanol–water partition coefficient (Wildman–Crippen LogP) is 4.30. The lowest BCUT2D eigenvalue weighted by molar-refractivity contribution is -0.136. The minimum atomic E-state index is -0.702. The van der Waals surface area contributed by atoms with Crippen molar-refractivity contribution in [3.63, 3.8) is 0 Å². The molecule has 2 rings (SSSR count). The van der Waals surface area contributed by atoms with Crippen molar-refractivity contribution in [2.24, 2.45) is 5.11 Å². The number of benzene rings is 2. The van der Waals surface area contributed by atoms with Crippen molar-refractivity contribution < 1.29 is 14.3 Å². The second kappa shape index (κ2) is 7.52. The van der Waals surface area contributed by atoms with Gasteiger partial charge < -0.3 is 9.47 Å². The fraction of sp³-hybridized carbons (Fsp3) is 0.0625. The van der Waals surface area contributed by atoms with Gasteiger partial charge in [-0.25, -0.2) is 4.79 Å². The summed E-state index contributed by atoms with van der Waals surface area (Å²) in [6.45, 7) is 0. The molecule has 0 aromatic heterocycles. The number of ether oxygens (including phenoxy) is 2. The first-order valence-corrected chi connectivity index (χ1v) is 6.41. The van der Waals surface area contributed by atoms with Gasteiger partial charge in [-0.05, 0) is 41.4 Å². The fourth-order valence-corrected chi connectivity index (χ4v) is 1.73. The van der Waals surface area contributed by atoms with Crippen LogP contribution >= 0.6 is 0 Å². The Labute approximate surface area is 127 Å². The van der Waals surface area contributed by atoms with Crippen LogP contribution in [0, 0.1) is 0 Å². The van der Waals surface area contributed by atoms with Gasteiger partial charge in [0.2, 0.25) is 0 Å². The zero-order valence-corrected chi connectivity index (χ0v) is 11.8. The first-order chi connectivity index (χ1) is 10.7. The van der Waals surface area contributed by atoms with E-state index in [1.807, 2.05) is 30.3 Å². The van der Waals surface area contributed by atoms with Crippen molar-refractivity contribution in [3.05, 3.63) is 76.3 Å². The van der Waals surface area contributed by atoms with Crippen molar-refractivity contribution in [1.82, 2.24) is 0 Å². The molecule has 0 spiro atoms. The summed E-state index contributed by atoms with van der Waals surface area (Å²) in [4.78, 5) is 14.1. The van der Waals surface area contributed by atoms with E-state index in [0.717, 1.165) is 0 Å². The van der Waals surface area contributed by atoms with Gasteiger partial charge in [0.05, 0.1) is 7.11 Å². The highest BCUT2D eigenvalue weighted by molar-refractivity contribution is 5.93. The van der Waals surface area contributed by atoms with Crippen LogP contribution in [0.15, 0.2) is 65.4 Å². The van der Waals surface area contributed by atoms with E-state index < -0.39 is 5.97 Å². The number of carbonyl (C=O) groups excluding carboxylic acids is 1. The maximum absolute atomic E-state index is 11.5. The molecule has 0 heterocycles. The number of carbonyl (C=O) groups is 1. The van der Waals surface area contributed by atoms with Gasteiger partial charge in [-0.1, -0.05) is 35.4 Å². The number of rotatable bonds is 5. The fourth-order valence-electron chi connectivity index (χ4n) is 1.73. The molecule has 0 aliphatic rings. The molecule has 0 aliphatic heterocycles. The largest absolute Gasteiger partial charge is 0.466 e. The smallest absolute Gasteiger partial charge is 0.340 e. The first-order valence-electron chi connectivity index (χ1n) is 6.41. The van der Waals surface area contributed by atoms with Crippen LogP contribution in [0.25, 0.3) is 16.5 Å². The van der Waals surface area contributed by atoms with Gasteiger partial charge >= 0.3 is 5.97 Å². The molecule has 0 bridgehead atoms. The summed E-state index contributed by atoms with van der Waals surface area (Å²) in [6.07, 6.45) is 1.43. The molecular formula is C16H13N3O3. The van der Waals surface area contributed by atoms with Gasteiger partial charge in [0.15, 0.2) is 0 Å². The third-order valence-electron chi connectivity index (χ3n) is 2.69. The highest BCUT2D eigenvalue weighted by atomic mass is 16.5. The Bertz CT molecular complexity index is 735. The summed E-state index contributed by atoms with van der Waals surface area (Å²) in [5.74, 6) is 0.601. The van der Waals surface area contributed by atoms with E-state index in [2.05, 4.69) is 14.8 Å².